The van der Waals surface area contributed by atoms with E-state index in [-0.39, 0.29) is 5.54 Å². The van der Waals surface area contributed by atoms with Gasteiger partial charge < -0.3 is 15.2 Å². The smallest absolute Gasteiger partial charge is 0.0867 e. The van der Waals surface area contributed by atoms with E-state index < -0.39 is 6.10 Å². The molecule has 0 bridgehead atoms. The number of ether oxygens (including phenoxy) is 1. The maximum atomic E-state index is 9.71. The summed E-state index contributed by atoms with van der Waals surface area (Å²) in [6.45, 7) is 10.4. The fourth-order valence-corrected chi connectivity index (χ4v) is 2.37. The Kier molecular flexibility index (Phi) is 7.59. The lowest BCUT2D eigenvalue weighted by molar-refractivity contribution is 0.0551. The molecule has 1 aromatic carbocycles. The fourth-order valence-electron chi connectivity index (χ4n) is 1.57. The molecule has 4 heteroatoms. The van der Waals surface area contributed by atoms with Gasteiger partial charge in [-0.05, 0) is 45.4 Å². The van der Waals surface area contributed by atoms with Gasteiger partial charge in [0.2, 0.25) is 0 Å². The van der Waals surface area contributed by atoms with Crippen molar-refractivity contribution >= 4 is 11.8 Å². The van der Waals surface area contributed by atoms with Crippen molar-refractivity contribution in [2.24, 2.45) is 0 Å². The van der Waals surface area contributed by atoms with Gasteiger partial charge in [0.05, 0.1) is 12.7 Å². The monoisotopic (exact) mass is 297 g/mol. The van der Waals surface area contributed by atoms with E-state index in [0.29, 0.717) is 19.0 Å². The first kappa shape index (κ1) is 17.5. The average Bonchev–Trinajstić information content (AvgIpc) is 2.41. The average molecular weight is 297 g/mol. The van der Waals surface area contributed by atoms with E-state index in [2.05, 4.69) is 50.4 Å². The Morgan fingerprint density at radius 2 is 1.90 bits per heavy atom. The second-order valence-corrected chi connectivity index (χ2v) is 6.97. The molecular weight excluding hydrogens is 270 g/mol. The largest absolute Gasteiger partial charge is 0.390 e. The van der Waals surface area contributed by atoms with Crippen LogP contribution in [-0.4, -0.2) is 35.7 Å². The molecule has 0 fully saturated rings. The standard InChI is InChI=1S/C16H27NO2S/c1-5-19-11-14(18)12-20-15-8-6-13(7-9-15)10-17-16(2,3)4/h6-9,14,17-18H,5,10-12H2,1-4H3. The zero-order valence-corrected chi connectivity index (χ0v) is 13.8. The molecule has 0 saturated carbocycles. The van der Waals surface area contributed by atoms with Crippen LogP contribution in [0.1, 0.15) is 33.3 Å². The first-order valence-corrected chi connectivity index (χ1v) is 8.12. The Balaban J connectivity index is 2.35. The third-order valence-corrected chi connectivity index (χ3v) is 3.86. The third kappa shape index (κ3) is 7.90. The highest BCUT2D eigenvalue weighted by Crippen LogP contribution is 2.19. The predicted octanol–water partition coefficient (Wildman–Crippen LogP) is 3.06. The van der Waals surface area contributed by atoms with Gasteiger partial charge >= 0.3 is 0 Å². The first-order valence-electron chi connectivity index (χ1n) is 7.13. The van der Waals surface area contributed by atoms with Gasteiger partial charge in [-0.2, -0.15) is 0 Å². The summed E-state index contributed by atoms with van der Waals surface area (Å²) in [6, 6.07) is 8.49. The summed E-state index contributed by atoms with van der Waals surface area (Å²) < 4.78 is 5.19. The predicted molar refractivity (Wildman–Crippen MR) is 86.3 cm³/mol. The summed E-state index contributed by atoms with van der Waals surface area (Å²) in [4.78, 5) is 1.18. The van der Waals surface area contributed by atoms with E-state index in [9.17, 15) is 5.11 Å². The van der Waals surface area contributed by atoms with Crippen LogP contribution in [0.4, 0.5) is 0 Å². The van der Waals surface area contributed by atoms with Crippen molar-refractivity contribution in [3.63, 3.8) is 0 Å². The number of nitrogens with one attached hydrogen (secondary N) is 1. The van der Waals surface area contributed by atoms with Gasteiger partial charge in [0.15, 0.2) is 0 Å². The first-order chi connectivity index (χ1) is 9.40. The highest BCUT2D eigenvalue weighted by molar-refractivity contribution is 7.99. The Bertz CT molecular complexity index is 373. The minimum Gasteiger partial charge on any atom is -0.390 e. The summed E-state index contributed by atoms with van der Waals surface area (Å²) >= 11 is 1.66. The number of rotatable bonds is 8. The van der Waals surface area contributed by atoms with Crippen molar-refractivity contribution in [2.75, 3.05) is 19.0 Å². The van der Waals surface area contributed by atoms with E-state index in [1.807, 2.05) is 6.92 Å². The van der Waals surface area contributed by atoms with Crippen molar-refractivity contribution in [1.29, 1.82) is 0 Å². The van der Waals surface area contributed by atoms with Gasteiger partial charge in [0.25, 0.3) is 0 Å². The van der Waals surface area contributed by atoms with E-state index in [4.69, 9.17) is 4.74 Å². The molecule has 0 aliphatic rings. The molecule has 0 aliphatic carbocycles. The van der Waals surface area contributed by atoms with Crippen molar-refractivity contribution in [3.8, 4) is 0 Å². The molecule has 0 spiro atoms. The highest BCUT2D eigenvalue weighted by Gasteiger charge is 2.08. The molecule has 0 aromatic heterocycles. The molecule has 20 heavy (non-hydrogen) atoms. The molecular formula is C16H27NO2S. The molecule has 2 N–H and O–H groups in total. The van der Waals surface area contributed by atoms with Crippen LogP contribution in [0, 0.1) is 0 Å². The number of hydrogen-bond acceptors (Lipinski definition) is 4. The molecule has 0 amide bonds. The van der Waals surface area contributed by atoms with Crippen molar-refractivity contribution in [1.82, 2.24) is 5.32 Å². The quantitative estimate of drug-likeness (QED) is 0.724. The number of aliphatic hydroxyl groups excluding tert-OH is 1. The molecule has 1 aromatic rings. The second kappa shape index (κ2) is 8.67. The van der Waals surface area contributed by atoms with Gasteiger partial charge in [-0.25, -0.2) is 0 Å². The van der Waals surface area contributed by atoms with E-state index >= 15 is 0 Å². The van der Waals surface area contributed by atoms with Crippen LogP contribution in [0.3, 0.4) is 0 Å². The molecule has 1 atom stereocenters. The van der Waals surface area contributed by atoms with Gasteiger partial charge in [0, 0.05) is 29.3 Å². The van der Waals surface area contributed by atoms with Crippen molar-refractivity contribution in [3.05, 3.63) is 29.8 Å². The van der Waals surface area contributed by atoms with Crippen LogP contribution in [0.25, 0.3) is 0 Å². The molecule has 3 nitrogen and oxygen atoms in total. The van der Waals surface area contributed by atoms with Gasteiger partial charge in [-0.15, -0.1) is 11.8 Å². The Hall–Kier alpha value is -0.550. The summed E-state index contributed by atoms with van der Waals surface area (Å²) in [5, 5.41) is 13.2. The minimum atomic E-state index is -0.401. The van der Waals surface area contributed by atoms with Crippen LogP contribution >= 0.6 is 11.8 Å². The van der Waals surface area contributed by atoms with Gasteiger partial charge in [-0.1, -0.05) is 12.1 Å². The number of benzene rings is 1. The summed E-state index contributed by atoms with van der Waals surface area (Å²) in [5.41, 5.74) is 1.41. The molecule has 114 valence electrons. The van der Waals surface area contributed by atoms with Crippen molar-refractivity contribution in [2.45, 2.75) is 50.8 Å². The van der Waals surface area contributed by atoms with Crippen LogP contribution < -0.4 is 5.32 Å². The number of hydrogen-bond donors (Lipinski definition) is 2. The van der Waals surface area contributed by atoms with Gasteiger partial charge in [0.1, 0.15) is 0 Å². The lowest BCUT2D eigenvalue weighted by Crippen LogP contribution is -2.35. The maximum Gasteiger partial charge on any atom is 0.0867 e. The highest BCUT2D eigenvalue weighted by atomic mass is 32.2. The Labute approximate surface area is 127 Å². The summed E-state index contributed by atoms with van der Waals surface area (Å²) in [6.07, 6.45) is -0.401. The second-order valence-electron chi connectivity index (χ2n) is 5.87. The fraction of sp³-hybridized carbons (Fsp3) is 0.625. The minimum absolute atomic E-state index is 0.136. The lowest BCUT2D eigenvalue weighted by Gasteiger charge is -2.20. The van der Waals surface area contributed by atoms with Crippen LogP contribution in [0.5, 0.6) is 0 Å². The Morgan fingerprint density at radius 1 is 1.25 bits per heavy atom. The summed E-state index contributed by atoms with van der Waals surface area (Å²) in [7, 11) is 0. The van der Waals surface area contributed by atoms with Crippen LogP contribution in [-0.2, 0) is 11.3 Å². The number of thioether (sulfide) groups is 1. The zero-order chi connectivity index (χ0) is 15.0. The molecule has 0 heterocycles. The molecule has 0 saturated heterocycles. The lowest BCUT2D eigenvalue weighted by atomic mass is 10.1. The third-order valence-electron chi connectivity index (χ3n) is 2.70. The molecule has 0 radical (unpaired) electrons. The van der Waals surface area contributed by atoms with Crippen LogP contribution in [0.15, 0.2) is 29.2 Å². The summed E-state index contributed by atoms with van der Waals surface area (Å²) in [5.74, 6) is 0.666. The topological polar surface area (TPSA) is 41.5 Å². The maximum absolute atomic E-state index is 9.71. The van der Waals surface area contributed by atoms with Crippen molar-refractivity contribution < 1.29 is 9.84 Å². The Morgan fingerprint density at radius 3 is 2.45 bits per heavy atom. The van der Waals surface area contributed by atoms with E-state index in [1.165, 1.54) is 10.5 Å². The molecule has 1 unspecified atom stereocenters. The zero-order valence-electron chi connectivity index (χ0n) is 13.0. The SMILES string of the molecule is CCOCC(O)CSc1ccc(CNC(C)(C)C)cc1. The van der Waals surface area contributed by atoms with Gasteiger partial charge in [-0.3, -0.25) is 0 Å². The van der Waals surface area contributed by atoms with E-state index in [1.54, 1.807) is 11.8 Å². The normalized spacial score (nSPS) is 13.4. The molecule has 1 rings (SSSR count). The van der Waals surface area contributed by atoms with E-state index in [0.717, 1.165) is 6.54 Å². The molecule has 0 aliphatic heterocycles. The number of aliphatic hydroxyl groups is 1. The van der Waals surface area contributed by atoms with Crippen LogP contribution in [0.2, 0.25) is 0 Å².